The predicted octanol–water partition coefficient (Wildman–Crippen LogP) is -1.68. The summed E-state index contributed by atoms with van der Waals surface area (Å²) in [6.07, 6.45) is -0.643. The lowest BCUT2D eigenvalue weighted by molar-refractivity contribution is -0.143. The van der Waals surface area contributed by atoms with Crippen molar-refractivity contribution in [3.05, 3.63) is 0 Å². The molecule has 0 aromatic heterocycles. The Hall–Kier alpha value is -2.24. The highest BCUT2D eigenvalue weighted by Gasteiger charge is 2.34. The van der Waals surface area contributed by atoms with Crippen LogP contribution >= 0.6 is 0 Å². The molecule has 30 heavy (non-hydrogen) atoms. The second kappa shape index (κ2) is 13.1. The van der Waals surface area contributed by atoms with Crippen LogP contribution in [0.4, 0.5) is 0 Å². The molecule has 0 bridgehead atoms. The van der Waals surface area contributed by atoms with Gasteiger partial charge in [-0.1, -0.05) is 34.1 Å². The fraction of sp³-hybridized carbons (Fsp3) is 0.789. The minimum atomic E-state index is -1.43. The molecular formula is C19H36N4O7. The summed E-state index contributed by atoms with van der Waals surface area (Å²) in [6, 6.07) is -4.89. The molecule has 0 aliphatic rings. The van der Waals surface area contributed by atoms with Gasteiger partial charge in [0.1, 0.15) is 24.2 Å². The van der Waals surface area contributed by atoms with Crippen LogP contribution in [-0.2, 0) is 19.2 Å². The molecule has 0 radical (unpaired) electrons. The zero-order valence-electron chi connectivity index (χ0n) is 18.2. The zero-order valence-corrected chi connectivity index (χ0v) is 18.2. The van der Waals surface area contributed by atoms with E-state index < -0.39 is 60.6 Å². The molecule has 0 aromatic carbocycles. The Morgan fingerprint density at radius 1 is 0.900 bits per heavy atom. The first-order chi connectivity index (χ1) is 13.8. The van der Waals surface area contributed by atoms with E-state index in [1.165, 1.54) is 6.92 Å². The van der Waals surface area contributed by atoms with Crippen LogP contribution in [0, 0.1) is 11.8 Å². The minimum absolute atomic E-state index is 0.00767. The number of carbonyl (C=O) groups is 4. The number of rotatable bonds is 13. The molecular weight excluding hydrogens is 396 g/mol. The highest BCUT2D eigenvalue weighted by molar-refractivity contribution is 5.94. The number of amides is 3. The van der Waals surface area contributed by atoms with Crippen molar-refractivity contribution >= 4 is 23.7 Å². The smallest absolute Gasteiger partial charge is 0.326 e. The summed E-state index contributed by atoms with van der Waals surface area (Å²) in [5.41, 5.74) is 5.47. The second-order valence-corrected chi connectivity index (χ2v) is 7.92. The molecule has 0 rings (SSSR count). The molecule has 0 aliphatic heterocycles. The number of carboxylic acid groups (broad SMARTS) is 1. The Bertz CT molecular complexity index is 597. The molecule has 0 saturated heterocycles. The second-order valence-electron chi connectivity index (χ2n) is 7.92. The van der Waals surface area contributed by atoms with E-state index >= 15 is 0 Å². The number of aliphatic hydroxyl groups excluding tert-OH is 2. The quantitative estimate of drug-likeness (QED) is 0.179. The molecule has 0 saturated carbocycles. The summed E-state index contributed by atoms with van der Waals surface area (Å²) < 4.78 is 0. The lowest BCUT2D eigenvalue weighted by Gasteiger charge is -2.29. The summed E-state index contributed by atoms with van der Waals surface area (Å²) in [7, 11) is 0. The molecule has 11 nitrogen and oxygen atoms in total. The topological polar surface area (TPSA) is 191 Å². The van der Waals surface area contributed by atoms with Gasteiger partial charge in [0.2, 0.25) is 17.7 Å². The molecule has 0 aliphatic carbocycles. The Morgan fingerprint density at radius 3 is 1.80 bits per heavy atom. The number of hydrogen-bond donors (Lipinski definition) is 7. The van der Waals surface area contributed by atoms with Crippen molar-refractivity contribution in [1.82, 2.24) is 16.0 Å². The van der Waals surface area contributed by atoms with E-state index in [0.29, 0.717) is 6.42 Å². The van der Waals surface area contributed by atoms with E-state index in [2.05, 4.69) is 16.0 Å². The van der Waals surface area contributed by atoms with E-state index in [0.717, 1.165) is 0 Å². The summed E-state index contributed by atoms with van der Waals surface area (Å²) in [4.78, 5) is 48.7. The summed E-state index contributed by atoms with van der Waals surface area (Å²) in [6.45, 7) is 7.77. The molecule has 0 heterocycles. The van der Waals surface area contributed by atoms with Crippen LogP contribution in [0.5, 0.6) is 0 Å². The van der Waals surface area contributed by atoms with Crippen LogP contribution in [0.25, 0.3) is 0 Å². The highest BCUT2D eigenvalue weighted by atomic mass is 16.4. The maximum absolute atomic E-state index is 12.8. The van der Waals surface area contributed by atoms with E-state index in [9.17, 15) is 29.4 Å². The molecule has 11 heteroatoms. The lowest BCUT2D eigenvalue weighted by Crippen LogP contribution is -2.61. The van der Waals surface area contributed by atoms with Gasteiger partial charge in [-0.3, -0.25) is 14.4 Å². The van der Waals surface area contributed by atoms with Crippen LogP contribution in [-0.4, -0.2) is 75.9 Å². The number of carbonyl (C=O) groups excluding carboxylic acids is 3. The largest absolute Gasteiger partial charge is 0.480 e. The van der Waals surface area contributed by atoms with Crippen molar-refractivity contribution < 1.29 is 34.5 Å². The SMILES string of the molecule is CCC(C)C(NC(=O)C(N)CO)C(=O)NC(C(=O)NC(CC(C)C)C(=O)O)C(C)O. The Balaban J connectivity index is 5.43. The number of aliphatic carboxylic acids is 1. The molecule has 174 valence electrons. The maximum atomic E-state index is 12.8. The third kappa shape index (κ3) is 9.06. The first kappa shape index (κ1) is 27.8. The van der Waals surface area contributed by atoms with E-state index in [1.54, 1.807) is 27.7 Å². The van der Waals surface area contributed by atoms with Crippen molar-refractivity contribution in [3.8, 4) is 0 Å². The molecule has 0 fully saturated rings. The summed E-state index contributed by atoms with van der Waals surface area (Å²) in [5, 5.41) is 35.5. The first-order valence-electron chi connectivity index (χ1n) is 10.0. The normalized spacial score (nSPS) is 17.2. The number of hydrogen-bond acceptors (Lipinski definition) is 7. The van der Waals surface area contributed by atoms with Gasteiger partial charge in [-0.05, 0) is 25.2 Å². The van der Waals surface area contributed by atoms with E-state index in [1.807, 2.05) is 0 Å². The highest BCUT2D eigenvalue weighted by Crippen LogP contribution is 2.10. The first-order valence-corrected chi connectivity index (χ1v) is 10.0. The average molecular weight is 433 g/mol. The molecule has 0 aromatic rings. The molecule has 6 atom stereocenters. The van der Waals surface area contributed by atoms with Crippen LogP contribution in [0.2, 0.25) is 0 Å². The number of nitrogens with two attached hydrogens (primary N) is 1. The van der Waals surface area contributed by atoms with Crippen molar-refractivity contribution in [2.45, 2.75) is 77.7 Å². The van der Waals surface area contributed by atoms with Crippen molar-refractivity contribution in [2.24, 2.45) is 17.6 Å². The predicted molar refractivity (Wildman–Crippen MR) is 109 cm³/mol. The van der Waals surface area contributed by atoms with Crippen LogP contribution in [0.1, 0.15) is 47.5 Å². The molecule has 3 amide bonds. The minimum Gasteiger partial charge on any atom is -0.480 e. The van der Waals surface area contributed by atoms with Gasteiger partial charge in [0, 0.05) is 0 Å². The lowest BCUT2D eigenvalue weighted by atomic mass is 9.97. The van der Waals surface area contributed by atoms with E-state index in [4.69, 9.17) is 10.8 Å². The van der Waals surface area contributed by atoms with Crippen molar-refractivity contribution in [2.75, 3.05) is 6.61 Å². The van der Waals surface area contributed by atoms with Crippen LogP contribution in [0.3, 0.4) is 0 Å². The summed E-state index contributed by atoms with van der Waals surface area (Å²) >= 11 is 0. The van der Waals surface area contributed by atoms with Crippen LogP contribution < -0.4 is 21.7 Å². The van der Waals surface area contributed by atoms with Gasteiger partial charge in [-0.2, -0.15) is 0 Å². The Labute approximate surface area is 176 Å². The Kier molecular flexibility index (Phi) is 12.2. The molecule has 0 spiro atoms. The third-order valence-corrected chi connectivity index (χ3v) is 4.71. The van der Waals surface area contributed by atoms with Gasteiger partial charge >= 0.3 is 5.97 Å². The molecule has 8 N–H and O–H groups in total. The number of aliphatic hydroxyl groups is 2. The third-order valence-electron chi connectivity index (χ3n) is 4.71. The monoisotopic (exact) mass is 432 g/mol. The van der Waals surface area contributed by atoms with Gasteiger partial charge in [0.05, 0.1) is 12.7 Å². The van der Waals surface area contributed by atoms with Gasteiger partial charge in [0.15, 0.2) is 0 Å². The van der Waals surface area contributed by atoms with Gasteiger partial charge in [-0.15, -0.1) is 0 Å². The van der Waals surface area contributed by atoms with Gasteiger partial charge < -0.3 is 37.0 Å². The van der Waals surface area contributed by atoms with Crippen molar-refractivity contribution in [3.63, 3.8) is 0 Å². The van der Waals surface area contributed by atoms with Gasteiger partial charge in [0.25, 0.3) is 0 Å². The van der Waals surface area contributed by atoms with E-state index in [-0.39, 0.29) is 18.3 Å². The maximum Gasteiger partial charge on any atom is 0.326 e. The zero-order chi connectivity index (χ0) is 23.6. The fourth-order valence-electron chi connectivity index (χ4n) is 2.65. The van der Waals surface area contributed by atoms with Crippen LogP contribution in [0.15, 0.2) is 0 Å². The fourth-order valence-corrected chi connectivity index (χ4v) is 2.65. The number of carboxylic acids is 1. The van der Waals surface area contributed by atoms with Crippen molar-refractivity contribution in [1.29, 1.82) is 0 Å². The number of nitrogens with one attached hydrogen (secondary N) is 3. The molecule has 6 unspecified atom stereocenters. The summed E-state index contributed by atoms with van der Waals surface area (Å²) in [5.74, 6) is -3.90. The van der Waals surface area contributed by atoms with Gasteiger partial charge in [-0.25, -0.2) is 4.79 Å². The average Bonchev–Trinajstić information content (AvgIpc) is 2.66. The Morgan fingerprint density at radius 2 is 1.40 bits per heavy atom. The standard InChI is InChI=1S/C19H36N4O7/c1-6-10(4)14(22-16(26)12(20)8-24)17(27)23-15(11(5)25)18(28)21-13(19(29)30)7-9(2)3/h9-15,24-25H,6-8,20H2,1-5H3,(H,21,28)(H,22,26)(H,23,27)(H,29,30).